The molecule has 0 unspecified atom stereocenters. The fourth-order valence-electron chi connectivity index (χ4n) is 1.83. The lowest BCUT2D eigenvalue weighted by Crippen LogP contribution is -2.38. The highest BCUT2D eigenvalue weighted by Gasteiger charge is 2.03. The van der Waals surface area contributed by atoms with Gasteiger partial charge in [0, 0.05) is 13.6 Å². The number of guanidine groups is 1. The maximum Gasteiger partial charge on any atom is 0.191 e. The number of hydrogen-bond acceptors (Lipinski definition) is 1. The Morgan fingerprint density at radius 3 is 2.88 bits per heavy atom. The summed E-state index contributed by atoms with van der Waals surface area (Å²) in [4.78, 5) is 4.09. The van der Waals surface area contributed by atoms with Crippen LogP contribution in [0, 0.1) is 12.3 Å². The zero-order valence-electron chi connectivity index (χ0n) is 10.5. The van der Waals surface area contributed by atoms with E-state index in [9.17, 15) is 0 Å². The maximum absolute atomic E-state index is 5.17. The quantitative estimate of drug-likeness (QED) is 0.269. The molecule has 0 aromatic rings. The van der Waals surface area contributed by atoms with Crippen molar-refractivity contribution in [3.05, 3.63) is 11.6 Å². The van der Waals surface area contributed by atoms with Crippen molar-refractivity contribution in [3.8, 4) is 12.3 Å². The highest BCUT2D eigenvalue weighted by Crippen LogP contribution is 2.19. The van der Waals surface area contributed by atoms with Crippen molar-refractivity contribution in [2.75, 3.05) is 20.1 Å². The first-order valence-corrected chi connectivity index (χ1v) is 5.92. The van der Waals surface area contributed by atoms with E-state index < -0.39 is 0 Å². The first-order valence-electron chi connectivity index (χ1n) is 5.92. The van der Waals surface area contributed by atoms with Crippen LogP contribution in [0.5, 0.6) is 0 Å². The summed E-state index contributed by atoms with van der Waals surface area (Å²) in [5.41, 5.74) is 1.58. The Kier molecular flexibility index (Phi) is 10.0. The number of allylic oxidation sites excluding steroid dienone is 1. The van der Waals surface area contributed by atoms with Crippen LogP contribution in [-0.4, -0.2) is 26.1 Å². The van der Waals surface area contributed by atoms with E-state index in [-0.39, 0.29) is 24.0 Å². The molecular weight excluding hydrogens is 325 g/mol. The second-order valence-corrected chi connectivity index (χ2v) is 3.91. The van der Waals surface area contributed by atoms with Crippen LogP contribution in [0.1, 0.15) is 32.1 Å². The fraction of sp³-hybridized carbons (Fsp3) is 0.615. The molecule has 0 saturated heterocycles. The third-order valence-corrected chi connectivity index (χ3v) is 2.71. The van der Waals surface area contributed by atoms with Crippen LogP contribution < -0.4 is 10.6 Å². The summed E-state index contributed by atoms with van der Waals surface area (Å²) in [6.45, 7) is 1.44. The summed E-state index contributed by atoms with van der Waals surface area (Å²) in [6, 6.07) is 0. The van der Waals surface area contributed by atoms with Gasteiger partial charge in [-0.1, -0.05) is 17.6 Å². The molecule has 1 aliphatic rings. The minimum absolute atomic E-state index is 0. The summed E-state index contributed by atoms with van der Waals surface area (Å²) in [5.74, 6) is 3.32. The summed E-state index contributed by atoms with van der Waals surface area (Å²) < 4.78 is 0. The molecule has 0 atom stereocenters. The van der Waals surface area contributed by atoms with E-state index in [4.69, 9.17) is 6.42 Å². The van der Waals surface area contributed by atoms with E-state index in [2.05, 4.69) is 27.6 Å². The molecular formula is C13H22IN3. The first-order chi connectivity index (χ1) is 7.86. The molecule has 0 aliphatic heterocycles. The van der Waals surface area contributed by atoms with Gasteiger partial charge in [0.25, 0.3) is 0 Å². The van der Waals surface area contributed by atoms with Gasteiger partial charge in [-0.05, 0) is 32.1 Å². The molecule has 0 fully saturated rings. The third-order valence-electron chi connectivity index (χ3n) is 2.71. The predicted molar refractivity (Wildman–Crippen MR) is 84.8 cm³/mol. The van der Waals surface area contributed by atoms with Crippen molar-refractivity contribution in [1.82, 2.24) is 10.6 Å². The highest BCUT2D eigenvalue weighted by atomic mass is 127. The number of terminal acetylenes is 1. The second-order valence-electron chi connectivity index (χ2n) is 3.91. The van der Waals surface area contributed by atoms with Crippen molar-refractivity contribution in [2.24, 2.45) is 4.99 Å². The van der Waals surface area contributed by atoms with E-state index >= 15 is 0 Å². The van der Waals surface area contributed by atoms with Gasteiger partial charge < -0.3 is 10.6 Å². The molecule has 0 saturated carbocycles. The van der Waals surface area contributed by atoms with Gasteiger partial charge in [0.05, 0.1) is 6.54 Å². The van der Waals surface area contributed by atoms with Crippen LogP contribution in [0.2, 0.25) is 0 Å². The molecule has 1 aliphatic carbocycles. The van der Waals surface area contributed by atoms with Crippen molar-refractivity contribution >= 4 is 29.9 Å². The van der Waals surface area contributed by atoms with Gasteiger partial charge in [-0.15, -0.1) is 30.4 Å². The standard InChI is InChI=1S/C13H21N3.HI/c1-3-10-15-13(14-2)16-11-9-12-7-5-4-6-8-12;/h1,7H,4-6,8-11H2,2H3,(H2,14,15,16);1H. The molecule has 3 nitrogen and oxygen atoms in total. The van der Waals surface area contributed by atoms with Crippen molar-refractivity contribution in [1.29, 1.82) is 0 Å². The van der Waals surface area contributed by atoms with E-state index in [1.165, 1.54) is 25.7 Å². The van der Waals surface area contributed by atoms with Crippen LogP contribution in [0.4, 0.5) is 0 Å². The Morgan fingerprint density at radius 2 is 2.29 bits per heavy atom. The molecule has 0 spiro atoms. The predicted octanol–water partition coefficient (Wildman–Crippen LogP) is 2.29. The first kappa shape index (κ1) is 16.3. The zero-order valence-corrected chi connectivity index (χ0v) is 12.8. The van der Waals surface area contributed by atoms with E-state index in [1.54, 1.807) is 12.6 Å². The average Bonchev–Trinajstić information content (AvgIpc) is 2.35. The molecule has 0 heterocycles. The van der Waals surface area contributed by atoms with Crippen LogP contribution in [0.3, 0.4) is 0 Å². The Labute approximate surface area is 122 Å². The molecule has 0 amide bonds. The van der Waals surface area contributed by atoms with Crippen LogP contribution >= 0.6 is 24.0 Å². The van der Waals surface area contributed by atoms with Crippen LogP contribution in [0.15, 0.2) is 16.6 Å². The lowest BCUT2D eigenvalue weighted by molar-refractivity contribution is 0.666. The minimum atomic E-state index is 0. The van der Waals surface area contributed by atoms with E-state index in [0.29, 0.717) is 6.54 Å². The Morgan fingerprint density at radius 1 is 1.47 bits per heavy atom. The van der Waals surface area contributed by atoms with Crippen LogP contribution in [-0.2, 0) is 0 Å². The van der Waals surface area contributed by atoms with Gasteiger partial charge >= 0.3 is 0 Å². The fourth-order valence-corrected chi connectivity index (χ4v) is 1.83. The van der Waals surface area contributed by atoms with Gasteiger partial charge in [0.15, 0.2) is 5.96 Å². The molecule has 96 valence electrons. The summed E-state index contributed by atoms with van der Waals surface area (Å²) in [5, 5.41) is 6.29. The molecule has 0 aromatic heterocycles. The smallest absolute Gasteiger partial charge is 0.191 e. The topological polar surface area (TPSA) is 36.4 Å². The number of hydrogen-bond donors (Lipinski definition) is 2. The summed E-state index contributed by atoms with van der Waals surface area (Å²) >= 11 is 0. The van der Waals surface area contributed by atoms with Crippen molar-refractivity contribution in [3.63, 3.8) is 0 Å². The van der Waals surface area contributed by atoms with Gasteiger partial charge in [-0.3, -0.25) is 4.99 Å². The lowest BCUT2D eigenvalue weighted by Gasteiger charge is -2.14. The number of nitrogens with one attached hydrogen (secondary N) is 2. The van der Waals surface area contributed by atoms with Crippen molar-refractivity contribution < 1.29 is 0 Å². The number of rotatable bonds is 4. The summed E-state index contributed by atoms with van der Waals surface area (Å²) in [7, 11) is 1.76. The Hall–Kier alpha value is -0.700. The number of aliphatic imine (C=N–C) groups is 1. The maximum atomic E-state index is 5.17. The Bertz CT molecular complexity index is 302. The molecule has 4 heteroatoms. The third kappa shape index (κ3) is 7.27. The van der Waals surface area contributed by atoms with Crippen molar-refractivity contribution in [2.45, 2.75) is 32.1 Å². The molecule has 0 radical (unpaired) electrons. The SMILES string of the molecule is C#CCNC(=NC)NCCC1=CCCCC1.I. The Balaban J connectivity index is 0.00000256. The summed E-state index contributed by atoms with van der Waals surface area (Å²) in [6.07, 6.45) is 13.9. The van der Waals surface area contributed by atoms with Gasteiger partial charge in [0.2, 0.25) is 0 Å². The highest BCUT2D eigenvalue weighted by molar-refractivity contribution is 14.0. The van der Waals surface area contributed by atoms with Gasteiger partial charge in [0.1, 0.15) is 0 Å². The van der Waals surface area contributed by atoms with Crippen LogP contribution in [0.25, 0.3) is 0 Å². The minimum Gasteiger partial charge on any atom is -0.356 e. The van der Waals surface area contributed by atoms with E-state index in [1.807, 2.05) is 0 Å². The number of nitrogens with zero attached hydrogens (tertiary/aromatic N) is 1. The largest absolute Gasteiger partial charge is 0.356 e. The molecule has 0 aromatic carbocycles. The second kappa shape index (κ2) is 10.5. The van der Waals surface area contributed by atoms with E-state index in [0.717, 1.165) is 18.9 Å². The lowest BCUT2D eigenvalue weighted by atomic mass is 9.97. The van der Waals surface area contributed by atoms with Gasteiger partial charge in [-0.25, -0.2) is 0 Å². The number of halogens is 1. The average molecular weight is 347 g/mol. The van der Waals surface area contributed by atoms with Gasteiger partial charge in [-0.2, -0.15) is 0 Å². The molecule has 17 heavy (non-hydrogen) atoms. The monoisotopic (exact) mass is 347 g/mol. The molecule has 0 bridgehead atoms. The molecule has 2 N–H and O–H groups in total. The zero-order chi connectivity index (χ0) is 11.6. The molecule has 1 rings (SSSR count). The normalized spacial score (nSPS) is 15.3.